The largest absolute Gasteiger partial charge is 0.493 e. The standard InChI is InChI=1S/C14H20NO/c1-2-15-10-6-7-13(11-15)12-16-14-8-4-3-5-9-14/h3-5,8-9,13H,1-2,6-7,10-12H2/t13-/m0/s1. The number of benzene rings is 1. The Bertz CT molecular complexity index is 299. The first-order valence-electron chi connectivity index (χ1n) is 6.08. The summed E-state index contributed by atoms with van der Waals surface area (Å²) < 4.78 is 5.79. The molecule has 1 aliphatic rings. The average molecular weight is 218 g/mol. The van der Waals surface area contributed by atoms with E-state index in [0.717, 1.165) is 25.4 Å². The lowest BCUT2D eigenvalue weighted by Gasteiger charge is -2.31. The van der Waals surface area contributed by atoms with E-state index in [-0.39, 0.29) is 0 Å². The van der Waals surface area contributed by atoms with E-state index in [2.05, 4.69) is 11.8 Å². The lowest BCUT2D eigenvalue weighted by atomic mass is 9.99. The number of hydrogen-bond acceptors (Lipinski definition) is 2. The van der Waals surface area contributed by atoms with Crippen molar-refractivity contribution in [1.29, 1.82) is 0 Å². The van der Waals surface area contributed by atoms with Crippen molar-refractivity contribution in [2.24, 2.45) is 5.92 Å². The molecule has 2 heteroatoms. The molecule has 1 aromatic carbocycles. The fourth-order valence-electron chi connectivity index (χ4n) is 2.22. The Hall–Kier alpha value is -1.02. The van der Waals surface area contributed by atoms with Crippen molar-refractivity contribution in [2.75, 3.05) is 26.2 Å². The molecule has 1 heterocycles. The summed E-state index contributed by atoms with van der Waals surface area (Å²) in [6, 6.07) is 10.1. The topological polar surface area (TPSA) is 12.5 Å². The molecule has 1 saturated heterocycles. The van der Waals surface area contributed by atoms with E-state index in [1.165, 1.54) is 19.4 Å². The van der Waals surface area contributed by atoms with Crippen LogP contribution in [0.3, 0.4) is 0 Å². The quantitative estimate of drug-likeness (QED) is 0.770. The fraction of sp³-hybridized carbons (Fsp3) is 0.500. The minimum absolute atomic E-state index is 0.663. The van der Waals surface area contributed by atoms with E-state index in [0.29, 0.717) is 5.92 Å². The summed E-state index contributed by atoms with van der Waals surface area (Å²) in [4.78, 5) is 2.41. The molecule has 0 aliphatic carbocycles. The highest BCUT2D eigenvalue weighted by Gasteiger charge is 2.18. The molecule has 0 aromatic heterocycles. The zero-order valence-electron chi connectivity index (χ0n) is 9.77. The first-order chi connectivity index (χ1) is 7.88. The van der Waals surface area contributed by atoms with E-state index in [9.17, 15) is 0 Å². The minimum atomic E-state index is 0.663. The van der Waals surface area contributed by atoms with E-state index >= 15 is 0 Å². The summed E-state index contributed by atoms with van der Waals surface area (Å²) in [5.74, 6) is 1.64. The molecule has 16 heavy (non-hydrogen) atoms. The van der Waals surface area contributed by atoms with Crippen LogP contribution in [0.25, 0.3) is 0 Å². The summed E-state index contributed by atoms with van der Waals surface area (Å²) >= 11 is 0. The molecule has 0 bridgehead atoms. The molecular formula is C14H20NO. The maximum Gasteiger partial charge on any atom is 0.119 e. The third-order valence-corrected chi connectivity index (χ3v) is 3.15. The third kappa shape index (κ3) is 3.24. The monoisotopic (exact) mass is 218 g/mol. The maximum absolute atomic E-state index is 5.79. The van der Waals surface area contributed by atoms with E-state index in [4.69, 9.17) is 4.74 Å². The van der Waals surface area contributed by atoms with Crippen molar-refractivity contribution in [3.63, 3.8) is 0 Å². The van der Waals surface area contributed by atoms with Gasteiger partial charge in [0.25, 0.3) is 0 Å². The van der Waals surface area contributed by atoms with Crippen LogP contribution in [0, 0.1) is 12.8 Å². The number of ether oxygens (including phenoxy) is 1. The van der Waals surface area contributed by atoms with Gasteiger partial charge in [-0.2, -0.15) is 0 Å². The normalized spacial score (nSPS) is 21.9. The summed E-state index contributed by atoms with van der Waals surface area (Å²) in [7, 11) is 0. The molecule has 1 aromatic rings. The first-order valence-corrected chi connectivity index (χ1v) is 6.08. The Morgan fingerprint density at radius 2 is 2.12 bits per heavy atom. The minimum Gasteiger partial charge on any atom is -0.493 e. The molecule has 0 amide bonds. The Morgan fingerprint density at radius 1 is 1.31 bits per heavy atom. The highest BCUT2D eigenvalue weighted by atomic mass is 16.5. The van der Waals surface area contributed by atoms with Crippen LogP contribution < -0.4 is 4.74 Å². The van der Waals surface area contributed by atoms with Crippen molar-refractivity contribution in [3.05, 3.63) is 37.3 Å². The number of piperidine rings is 1. The van der Waals surface area contributed by atoms with Gasteiger partial charge in [-0.3, -0.25) is 0 Å². The fourth-order valence-corrected chi connectivity index (χ4v) is 2.22. The summed E-state index contributed by atoms with van der Waals surface area (Å²) in [6.07, 6.45) is 2.56. The highest BCUT2D eigenvalue weighted by molar-refractivity contribution is 5.20. The van der Waals surface area contributed by atoms with E-state index in [1.807, 2.05) is 30.3 Å². The summed E-state index contributed by atoms with van der Waals surface area (Å²) in [5.41, 5.74) is 0. The van der Waals surface area contributed by atoms with Crippen LogP contribution in [0.4, 0.5) is 0 Å². The average Bonchev–Trinajstić information content (AvgIpc) is 2.38. The van der Waals surface area contributed by atoms with Gasteiger partial charge >= 0.3 is 0 Å². The SMILES string of the molecule is [CH2]CN1CCC[C@H](COc2ccccc2)C1. The summed E-state index contributed by atoms with van der Waals surface area (Å²) in [5, 5.41) is 0. The molecule has 0 saturated carbocycles. The van der Waals surface area contributed by atoms with Gasteiger partial charge in [-0.25, -0.2) is 0 Å². The van der Waals surface area contributed by atoms with Gasteiger partial charge in [0.2, 0.25) is 0 Å². The second kappa shape index (κ2) is 5.90. The van der Waals surface area contributed by atoms with Gasteiger partial charge in [0.05, 0.1) is 6.61 Å². The zero-order valence-corrected chi connectivity index (χ0v) is 9.77. The number of nitrogens with zero attached hydrogens (tertiary/aromatic N) is 1. The first kappa shape index (κ1) is 11.5. The van der Waals surface area contributed by atoms with Crippen molar-refractivity contribution < 1.29 is 4.74 Å². The van der Waals surface area contributed by atoms with Gasteiger partial charge in [0.1, 0.15) is 5.75 Å². The molecule has 1 fully saturated rings. The van der Waals surface area contributed by atoms with Crippen LogP contribution in [0.15, 0.2) is 30.3 Å². The molecular weight excluding hydrogens is 198 g/mol. The van der Waals surface area contributed by atoms with Crippen LogP contribution in [-0.4, -0.2) is 31.1 Å². The number of hydrogen-bond donors (Lipinski definition) is 0. The number of para-hydroxylation sites is 1. The summed E-state index contributed by atoms with van der Waals surface area (Å²) in [6.45, 7) is 8.03. The Morgan fingerprint density at radius 3 is 2.88 bits per heavy atom. The molecule has 2 rings (SSSR count). The van der Waals surface area contributed by atoms with Crippen LogP contribution in [0.2, 0.25) is 0 Å². The van der Waals surface area contributed by atoms with Gasteiger partial charge in [-0.15, -0.1) is 0 Å². The van der Waals surface area contributed by atoms with Crippen LogP contribution >= 0.6 is 0 Å². The predicted molar refractivity (Wildman–Crippen MR) is 66.5 cm³/mol. The van der Waals surface area contributed by atoms with Crippen LogP contribution in [0.5, 0.6) is 5.75 Å². The number of likely N-dealkylation sites (tertiary alicyclic amines) is 1. The van der Waals surface area contributed by atoms with Crippen molar-refractivity contribution in [3.8, 4) is 5.75 Å². The smallest absolute Gasteiger partial charge is 0.119 e. The van der Waals surface area contributed by atoms with Crippen LogP contribution in [0.1, 0.15) is 12.8 Å². The van der Waals surface area contributed by atoms with E-state index < -0.39 is 0 Å². The van der Waals surface area contributed by atoms with E-state index in [1.54, 1.807) is 0 Å². The second-order valence-corrected chi connectivity index (χ2v) is 4.43. The van der Waals surface area contributed by atoms with Gasteiger partial charge in [0.15, 0.2) is 0 Å². The second-order valence-electron chi connectivity index (χ2n) is 4.43. The molecule has 1 radical (unpaired) electrons. The van der Waals surface area contributed by atoms with Gasteiger partial charge < -0.3 is 9.64 Å². The molecule has 1 aliphatic heterocycles. The molecule has 0 N–H and O–H groups in total. The van der Waals surface area contributed by atoms with Gasteiger partial charge in [-0.1, -0.05) is 18.2 Å². The Kier molecular flexibility index (Phi) is 4.23. The van der Waals surface area contributed by atoms with Gasteiger partial charge in [0, 0.05) is 12.5 Å². The molecule has 87 valence electrons. The number of rotatable bonds is 4. The van der Waals surface area contributed by atoms with Crippen molar-refractivity contribution in [1.82, 2.24) is 4.90 Å². The highest BCUT2D eigenvalue weighted by Crippen LogP contribution is 2.18. The molecule has 1 atom stereocenters. The third-order valence-electron chi connectivity index (χ3n) is 3.15. The maximum atomic E-state index is 5.79. The van der Waals surface area contributed by atoms with Crippen LogP contribution in [-0.2, 0) is 0 Å². The lowest BCUT2D eigenvalue weighted by Crippen LogP contribution is -2.37. The zero-order chi connectivity index (χ0) is 11.2. The molecule has 0 unspecified atom stereocenters. The molecule has 2 nitrogen and oxygen atoms in total. The van der Waals surface area contributed by atoms with Crippen molar-refractivity contribution >= 4 is 0 Å². The predicted octanol–water partition coefficient (Wildman–Crippen LogP) is 2.61. The Labute approximate surface area is 98.2 Å². The van der Waals surface area contributed by atoms with Crippen molar-refractivity contribution in [2.45, 2.75) is 12.8 Å². The molecule has 0 spiro atoms. The van der Waals surface area contributed by atoms with Gasteiger partial charge in [-0.05, 0) is 45.0 Å². The lowest BCUT2D eigenvalue weighted by molar-refractivity contribution is 0.139. The Balaban J connectivity index is 1.77.